The van der Waals surface area contributed by atoms with E-state index in [0.29, 0.717) is 11.3 Å². The molecule has 5 nitrogen and oxygen atoms in total. The van der Waals surface area contributed by atoms with E-state index in [1.54, 1.807) is 49.5 Å². The number of anilines is 1. The Morgan fingerprint density at radius 1 is 0.800 bits per heavy atom. The summed E-state index contributed by atoms with van der Waals surface area (Å²) in [6.45, 7) is 3.46. The molecule has 0 saturated carbocycles. The fourth-order valence-electron chi connectivity index (χ4n) is 3.03. The van der Waals surface area contributed by atoms with Crippen molar-refractivity contribution in [2.45, 2.75) is 20.0 Å². The van der Waals surface area contributed by atoms with Crippen LogP contribution in [0.3, 0.4) is 0 Å². The Labute approximate surface area is 175 Å². The minimum atomic E-state index is -0.977. The van der Waals surface area contributed by atoms with Crippen LogP contribution in [0, 0.1) is 6.92 Å². The monoisotopic (exact) mass is 401 g/mol. The number of amides is 1. The van der Waals surface area contributed by atoms with Gasteiger partial charge in [-0.05, 0) is 38.1 Å². The molecule has 0 aliphatic heterocycles. The minimum absolute atomic E-state index is 0.119. The smallest absolute Gasteiger partial charge is 0.339 e. The highest BCUT2D eigenvalue weighted by Gasteiger charge is 2.25. The Kier molecular flexibility index (Phi) is 6.42. The third-order valence-electron chi connectivity index (χ3n) is 4.81. The number of para-hydroxylation sites is 1. The zero-order chi connectivity index (χ0) is 21.7. The third kappa shape index (κ3) is 4.63. The van der Waals surface area contributed by atoms with E-state index >= 15 is 0 Å². The first-order chi connectivity index (χ1) is 14.4. The van der Waals surface area contributed by atoms with Crippen LogP contribution < -0.4 is 4.90 Å². The van der Waals surface area contributed by atoms with Crippen LogP contribution in [0.5, 0.6) is 0 Å². The van der Waals surface area contributed by atoms with Crippen molar-refractivity contribution in [3.8, 4) is 0 Å². The van der Waals surface area contributed by atoms with Crippen LogP contribution in [0.1, 0.15) is 43.6 Å². The molecule has 1 atom stereocenters. The van der Waals surface area contributed by atoms with Crippen molar-refractivity contribution in [1.82, 2.24) is 0 Å². The fourth-order valence-corrected chi connectivity index (χ4v) is 3.03. The Bertz CT molecular complexity index is 1060. The maximum Gasteiger partial charge on any atom is 0.339 e. The van der Waals surface area contributed by atoms with E-state index in [9.17, 15) is 14.4 Å². The molecule has 3 aromatic rings. The lowest BCUT2D eigenvalue weighted by molar-refractivity contribution is 0.0317. The molecule has 0 aromatic heterocycles. The normalized spacial score (nSPS) is 11.4. The van der Waals surface area contributed by atoms with Gasteiger partial charge < -0.3 is 9.64 Å². The standard InChI is InChI=1S/C25H23NO4/c1-17-13-15-19(16-14-17)23(27)18(2)30-25(29)22-12-8-7-11-21(22)24(28)26(3)20-9-5-4-6-10-20/h4-16,18H,1-3H3. The predicted molar refractivity (Wildman–Crippen MR) is 116 cm³/mol. The van der Waals surface area contributed by atoms with Gasteiger partial charge in [0.25, 0.3) is 5.91 Å². The summed E-state index contributed by atoms with van der Waals surface area (Å²) in [5.41, 5.74) is 2.53. The van der Waals surface area contributed by atoms with Gasteiger partial charge in [-0.1, -0.05) is 60.2 Å². The summed E-state index contributed by atoms with van der Waals surface area (Å²) in [6, 6.07) is 22.6. The lowest BCUT2D eigenvalue weighted by atomic mass is 10.0. The summed E-state index contributed by atoms with van der Waals surface area (Å²) in [5.74, 6) is -1.35. The molecule has 0 bridgehead atoms. The number of Topliss-reactive ketones (excluding diaryl/α,β-unsaturated/α-hetero) is 1. The largest absolute Gasteiger partial charge is 0.451 e. The molecule has 3 rings (SSSR count). The predicted octanol–water partition coefficient (Wildman–Crippen LogP) is 4.70. The Morgan fingerprint density at radius 2 is 1.37 bits per heavy atom. The van der Waals surface area contributed by atoms with E-state index in [0.717, 1.165) is 5.56 Å². The molecule has 0 aliphatic rings. The summed E-state index contributed by atoms with van der Waals surface area (Å²) in [5, 5.41) is 0. The van der Waals surface area contributed by atoms with Crippen molar-refractivity contribution < 1.29 is 19.1 Å². The number of nitrogens with zero attached hydrogens (tertiary/aromatic N) is 1. The van der Waals surface area contributed by atoms with Crippen LogP contribution in [-0.4, -0.2) is 30.8 Å². The summed E-state index contributed by atoms with van der Waals surface area (Å²) < 4.78 is 5.40. The number of esters is 1. The fraction of sp³-hybridized carbons (Fsp3) is 0.160. The molecule has 0 aliphatic carbocycles. The van der Waals surface area contributed by atoms with Crippen LogP contribution >= 0.6 is 0 Å². The Hall–Kier alpha value is -3.73. The highest BCUT2D eigenvalue weighted by molar-refractivity contribution is 6.12. The number of hydrogen-bond donors (Lipinski definition) is 0. The van der Waals surface area contributed by atoms with Crippen LogP contribution in [0.2, 0.25) is 0 Å². The van der Waals surface area contributed by atoms with Gasteiger partial charge >= 0.3 is 5.97 Å². The van der Waals surface area contributed by atoms with E-state index in [-0.39, 0.29) is 22.8 Å². The number of benzene rings is 3. The molecule has 0 N–H and O–H groups in total. The molecule has 1 amide bonds. The topological polar surface area (TPSA) is 63.7 Å². The number of rotatable bonds is 6. The summed E-state index contributed by atoms with van der Waals surface area (Å²) >= 11 is 0. The number of carbonyl (C=O) groups excluding carboxylic acids is 3. The van der Waals surface area contributed by atoms with E-state index in [2.05, 4.69) is 0 Å². The van der Waals surface area contributed by atoms with Crippen molar-refractivity contribution in [1.29, 1.82) is 0 Å². The van der Waals surface area contributed by atoms with Gasteiger partial charge in [-0.2, -0.15) is 0 Å². The molecule has 1 unspecified atom stereocenters. The third-order valence-corrected chi connectivity index (χ3v) is 4.81. The second kappa shape index (κ2) is 9.18. The lowest BCUT2D eigenvalue weighted by Gasteiger charge is -2.19. The van der Waals surface area contributed by atoms with Crippen molar-refractivity contribution >= 4 is 23.3 Å². The second-order valence-electron chi connectivity index (χ2n) is 7.02. The molecule has 0 saturated heterocycles. The summed E-state index contributed by atoms with van der Waals surface area (Å²) in [6.07, 6.45) is -0.977. The van der Waals surface area contributed by atoms with Gasteiger partial charge in [0.15, 0.2) is 6.10 Å². The second-order valence-corrected chi connectivity index (χ2v) is 7.02. The number of ether oxygens (including phenoxy) is 1. The van der Waals surface area contributed by atoms with Crippen molar-refractivity contribution in [2.24, 2.45) is 0 Å². The minimum Gasteiger partial charge on any atom is -0.451 e. The van der Waals surface area contributed by atoms with E-state index in [4.69, 9.17) is 4.74 Å². The molecule has 0 spiro atoms. The number of aryl methyl sites for hydroxylation is 1. The average Bonchev–Trinajstić information content (AvgIpc) is 2.78. The highest BCUT2D eigenvalue weighted by atomic mass is 16.5. The molecule has 152 valence electrons. The van der Waals surface area contributed by atoms with Crippen LogP contribution in [0.4, 0.5) is 5.69 Å². The van der Waals surface area contributed by atoms with Gasteiger partial charge in [-0.3, -0.25) is 9.59 Å². The number of ketones is 1. The average molecular weight is 401 g/mol. The quantitative estimate of drug-likeness (QED) is 0.444. The SMILES string of the molecule is Cc1ccc(C(=O)C(C)OC(=O)c2ccccc2C(=O)N(C)c2ccccc2)cc1. The molecular formula is C25H23NO4. The zero-order valence-electron chi connectivity index (χ0n) is 17.2. The van der Waals surface area contributed by atoms with Gasteiger partial charge in [-0.25, -0.2) is 4.79 Å². The maximum absolute atomic E-state index is 13.0. The van der Waals surface area contributed by atoms with Crippen molar-refractivity contribution in [3.05, 3.63) is 101 Å². The number of hydrogen-bond acceptors (Lipinski definition) is 4. The van der Waals surface area contributed by atoms with Crippen molar-refractivity contribution in [3.63, 3.8) is 0 Å². The lowest BCUT2D eigenvalue weighted by Crippen LogP contribution is -2.29. The van der Waals surface area contributed by atoms with Crippen LogP contribution in [0.25, 0.3) is 0 Å². The van der Waals surface area contributed by atoms with Crippen molar-refractivity contribution in [2.75, 3.05) is 11.9 Å². The maximum atomic E-state index is 13.0. The van der Waals surface area contributed by atoms with E-state index < -0.39 is 12.1 Å². The first-order valence-corrected chi connectivity index (χ1v) is 9.62. The molecule has 3 aromatic carbocycles. The molecule has 30 heavy (non-hydrogen) atoms. The Morgan fingerprint density at radius 3 is 2.00 bits per heavy atom. The summed E-state index contributed by atoms with van der Waals surface area (Å²) in [7, 11) is 1.64. The molecule has 0 heterocycles. The first-order valence-electron chi connectivity index (χ1n) is 9.62. The molecule has 0 fully saturated rings. The zero-order valence-corrected chi connectivity index (χ0v) is 17.2. The van der Waals surface area contributed by atoms with Gasteiger partial charge in [0.05, 0.1) is 11.1 Å². The number of carbonyl (C=O) groups is 3. The van der Waals surface area contributed by atoms with Crippen LogP contribution in [0.15, 0.2) is 78.9 Å². The molecular weight excluding hydrogens is 378 g/mol. The molecule has 5 heteroatoms. The molecule has 0 radical (unpaired) electrons. The Balaban J connectivity index is 1.79. The highest BCUT2D eigenvalue weighted by Crippen LogP contribution is 2.19. The van der Waals surface area contributed by atoms with Gasteiger partial charge in [0.1, 0.15) is 0 Å². The first kappa shape index (κ1) is 21.0. The van der Waals surface area contributed by atoms with Gasteiger partial charge in [0, 0.05) is 18.3 Å². The van der Waals surface area contributed by atoms with E-state index in [1.165, 1.54) is 17.9 Å². The van der Waals surface area contributed by atoms with Crippen LogP contribution in [-0.2, 0) is 4.74 Å². The van der Waals surface area contributed by atoms with Gasteiger partial charge in [-0.15, -0.1) is 0 Å². The summed E-state index contributed by atoms with van der Waals surface area (Å²) in [4.78, 5) is 39.8. The van der Waals surface area contributed by atoms with Gasteiger partial charge in [0.2, 0.25) is 5.78 Å². The van der Waals surface area contributed by atoms with E-state index in [1.807, 2.05) is 37.3 Å².